The Kier molecular flexibility index (Phi) is 5.50. The van der Waals surface area contributed by atoms with Crippen LogP contribution in [0.5, 0.6) is 0 Å². The normalized spacial score (nSPS) is 15.0. The van der Waals surface area contributed by atoms with Gasteiger partial charge in [-0.15, -0.1) is 0 Å². The number of nitrogens with zero attached hydrogens (tertiary/aromatic N) is 2. The first-order chi connectivity index (χ1) is 21.8. The molecule has 1 atom stereocenters. The van der Waals surface area contributed by atoms with E-state index < -0.39 is 0 Å². The SMILES string of the molecule is c1ccc(C2=NC(c3cccc4c3oc3ccc(-c5cccc6oc7ccccc7c56)cc34)=NC(c3ccccc3)N2)cc1. The average molecular weight is 568 g/mol. The van der Waals surface area contributed by atoms with Gasteiger partial charge in [0.05, 0.1) is 5.56 Å². The molecule has 1 aliphatic rings. The van der Waals surface area contributed by atoms with Gasteiger partial charge in [0.25, 0.3) is 0 Å². The first kappa shape index (κ1) is 24.6. The van der Waals surface area contributed by atoms with E-state index in [0.29, 0.717) is 5.84 Å². The fourth-order valence-corrected chi connectivity index (χ4v) is 6.28. The molecule has 9 rings (SSSR count). The summed E-state index contributed by atoms with van der Waals surface area (Å²) in [4.78, 5) is 10.1. The molecule has 0 amide bonds. The van der Waals surface area contributed by atoms with Crippen molar-refractivity contribution in [2.24, 2.45) is 9.98 Å². The summed E-state index contributed by atoms with van der Waals surface area (Å²) in [6, 6.07) is 47.5. The molecule has 8 aromatic rings. The molecule has 6 aromatic carbocycles. The molecule has 1 unspecified atom stereocenters. The summed E-state index contributed by atoms with van der Waals surface area (Å²) >= 11 is 0. The summed E-state index contributed by atoms with van der Waals surface area (Å²) in [5.41, 5.74) is 8.53. The second kappa shape index (κ2) is 9.82. The summed E-state index contributed by atoms with van der Waals surface area (Å²) in [6.45, 7) is 0. The fraction of sp³-hybridized carbons (Fsp3) is 0.0256. The Morgan fingerprint density at radius 2 is 1.23 bits per heavy atom. The van der Waals surface area contributed by atoms with Gasteiger partial charge in [-0.3, -0.25) is 0 Å². The van der Waals surface area contributed by atoms with Crippen LogP contribution in [0.3, 0.4) is 0 Å². The number of hydrogen-bond acceptors (Lipinski definition) is 5. The minimum Gasteiger partial charge on any atom is -0.456 e. The molecule has 0 saturated carbocycles. The van der Waals surface area contributed by atoms with Crippen molar-refractivity contribution >= 4 is 55.5 Å². The van der Waals surface area contributed by atoms with Crippen molar-refractivity contribution in [1.82, 2.24) is 5.32 Å². The van der Waals surface area contributed by atoms with Crippen molar-refractivity contribution in [3.8, 4) is 11.1 Å². The van der Waals surface area contributed by atoms with Gasteiger partial charge in [-0.25, -0.2) is 9.98 Å². The van der Waals surface area contributed by atoms with Crippen molar-refractivity contribution in [2.75, 3.05) is 0 Å². The van der Waals surface area contributed by atoms with Crippen molar-refractivity contribution in [3.63, 3.8) is 0 Å². The fourth-order valence-electron chi connectivity index (χ4n) is 6.28. The topological polar surface area (TPSA) is 63.0 Å². The second-order valence-electron chi connectivity index (χ2n) is 11.0. The van der Waals surface area contributed by atoms with Gasteiger partial charge < -0.3 is 14.2 Å². The lowest BCUT2D eigenvalue weighted by molar-refractivity contribution is 0.663. The maximum Gasteiger partial charge on any atom is 0.163 e. The van der Waals surface area contributed by atoms with Crippen LogP contribution in [0.2, 0.25) is 0 Å². The lowest BCUT2D eigenvalue weighted by Gasteiger charge is -2.23. The zero-order valence-electron chi connectivity index (χ0n) is 23.6. The van der Waals surface area contributed by atoms with Crippen LogP contribution in [0.4, 0.5) is 0 Å². The molecule has 208 valence electrons. The molecule has 1 aliphatic heterocycles. The van der Waals surface area contributed by atoms with Crippen LogP contribution >= 0.6 is 0 Å². The highest BCUT2D eigenvalue weighted by Crippen LogP contribution is 2.39. The quantitative estimate of drug-likeness (QED) is 0.230. The summed E-state index contributed by atoms with van der Waals surface area (Å²) in [6.07, 6.45) is -0.282. The molecule has 5 heteroatoms. The number of furan rings is 2. The monoisotopic (exact) mass is 567 g/mol. The van der Waals surface area contributed by atoms with Gasteiger partial charge in [-0.1, -0.05) is 109 Å². The van der Waals surface area contributed by atoms with Gasteiger partial charge in [-0.05, 0) is 47.0 Å². The van der Waals surface area contributed by atoms with Gasteiger partial charge >= 0.3 is 0 Å². The first-order valence-corrected chi connectivity index (χ1v) is 14.7. The number of amidine groups is 2. The van der Waals surface area contributed by atoms with Crippen LogP contribution in [0.1, 0.15) is 22.9 Å². The van der Waals surface area contributed by atoms with Gasteiger partial charge in [0.2, 0.25) is 0 Å². The Labute approximate surface area is 252 Å². The molecule has 5 nitrogen and oxygen atoms in total. The van der Waals surface area contributed by atoms with Crippen LogP contribution in [-0.2, 0) is 0 Å². The van der Waals surface area contributed by atoms with Gasteiger partial charge in [-0.2, -0.15) is 0 Å². The number of benzene rings is 6. The third kappa shape index (κ3) is 3.94. The van der Waals surface area contributed by atoms with Crippen LogP contribution in [0, 0.1) is 0 Å². The van der Waals surface area contributed by atoms with Crippen molar-refractivity contribution in [2.45, 2.75) is 6.17 Å². The predicted molar refractivity (Wildman–Crippen MR) is 178 cm³/mol. The Bertz CT molecular complexity index is 2420. The Hall–Kier alpha value is -5.94. The van der Waals surface area contributed by atoms with Crippen LogP contribution in [0.25, 0.3) is 55.0 Å². The van der Waals surface area contributed by atoms with Gasteiger partial charge in [0, 0.05) is 27.1 Å². The Balaban J connectivity index is 1.22. The van der Waals surface area contributed by atoms with E-state index in [0.717, 1.165) is 77.5 Å². The minimum atomic E-state index is -0.282. The van der Waals surface area contributed by atoms with E-state index in [-0.39, 0.29) is 6.17 Å². The Morgan fingerprint density at radius 1 is 0.523 bits per heavy atom. The number of fused-ring (bicyclic) bond motifs is 6. The predicted octanol–water partition coefficient (Wildman–Crippen LogP) is 9.65. The molecule has 0 saturated heterocycles. The molecule has 0 radical (unpaired) electrons. The number of nitrogens with one attached hydrogen (secondary N) is 1. The number of rotatable bonds is 4. The maximum atomic E-state index is 6.56. The highest BCUT2D eigenvalue weighted by molar-refractivity contribution is 6.20. The van der Waals surface area contributed by atoms with E-state index in [1.165, 1.54) is 0 Å². The average Bonchev–Trinajstić information content (AvgIpc) is 3.67. The largest absolute Gasteiger partial charge is 0.456 e. The number of hydrogen-bond donors (Lipinski definition) is 1. The maximum absolute atomic E-state index is 6.56. The minimum absolute atomic E-state index is 0.282. The molecular weight excluding hydrogens is 542 g/mol. The molecule has 3 heterocycles. The van der Waals surface area contributed by atoms with Crippen LogP contribution in [-0.4, -0.2) is 11.7 Å². The number of aliphatic imine (C=N–C) groups is 2. The molecule has 1 N–H and O–H groups in total. The van der Waals surface area contributed by atoms with E-state index in [9.17, 15) is 0 Å². The lowest BCUT2D eigenvalue weighted by atomic mass is 9.97. The summed E-state index contributed by atoms with van der Waals surface area (Å²) in [5.74, 6) is 1.41. The third-order valence-corrected chi connectivity index (χ3v) is 8.36. The lowest BCUT2D eigenvalue weighted by Crippen LogP contribution is -2.33. The zero-order chi connectivity index (χ0) is 29.0. The molecule has 0 aliphatic carbocycles. The third-order valence-electron chi connectivity index (χ3n) is 8.36. The van der Waals surface area contributed by atoms with Crippen molar-refractivity contribution in [3.05, 3.63) is 156 Å². The van der Waals surface area contributed by atoms with Crippen molar-refractivity contribution in [1.29, 1.82) is 0 Å². The first-order valence-electron chi connectivity index (χ1n) is 14.7. The second-order valence-corrected chi connectivity index (χ2v) is 11.0. The molecule has 0 fully saturated rings. The molecule has 0 spiro atoms. The molecule has 2 aromatic heterocycles. The summed E-state index contributed by atoms with van der Waals surface area (Å²) in [5, 5.41) is 7.84. The zero-order valence-corrected chi connectivity index (χ0v) is 23.6. The summed E-state index contributed by atoms with van der Waals surface area (Å²) in [7, 11) is 0. The Morgan fingerprint density at radius 3 is 2.11 bits per heavy atom. The van der Waals surface area contributed by atoms with E-state index >= 15 is 0 Å². The van der Waals surface area contributed by atoms with Gasteiger partial charge in [0.15, 0.2) is 5.84 Å². The smallest absolute Gasteiger partial charge is 0.163 e. The van der Waals surface area contributed by atoms with E-state index in [1.807, 2.05) is 60.7 Å². The van der Waals surface area contributed by atoms with Gasteiger partial charge in [0.1, 0.15) is 34.3 Å². The summed E-state index contributed by atoms with van der Waals surface area (Å²) < 4.78 is 12.7. The van der Waals surface area contributed by atoms with Crippen LogP contribution in [0.15, 0.2) is 158 Å². The van der Waals surface area contributed by atoms with E-state index in [1.54, 1.807) is 0 Å². The standard InChI is InChI=1S/C39H25N3O2/c1-3-11-24(12-4-1)37-40-38(25-13-5-2-6-14-25)42-39(41-37)30-18-9-17-28-31-23-26(21-22-33(31)44-36(28)30)27-16-10-20-34-35(27)29-15-7-8-19-32(29)43-34/h1-23,37H,(H,40,41,42). The van der Waals surface area contributed by atoms with E-state index in [4.69, 9.17) is 18.8 Å². The number of para-hydroxylation sites is 2. The van der Waals surface area contributed by atoms with E-state index in [2.05, 4.69) is 84.2 Å². The molecule has 0 bridgehead atoms. The highest BCUT2D eigenvalue weighted by atomic mass is 16.3. The molecular formula is C39H25N3O2. The molecule has 44 heavy (non-hydrogen) atoms. The highest BCUT2D eigenvalue weighted by Gasteiger charge is 2.23. The van der Waals surface area contributed by atoms with Crippen molar-refractivity contribution < 1.29 is 8.83 Å². The van der Waals surface area contributed by atoms with Crippen LogP contribution < -0.4 is 5.32 Å².